The summed E-state index contributed by atoms with van der Waals surface area (Å²) in [5.74, 6) is 3.08. The van der Waals surface area contributed by atoms with Gasteiger partial charge in [-0.2, -0.15) is 0 Å². The lowest BCUT2D eigenvalue weighted by Gasteiger charge is -2.54. The maximum Gasteiger partial charge on any atom is 0.0476 e. The van der Waals surface area contributed by atoms with Gasteiger partial charge in [-0.1, -0.05) is 111 Å². The van der Waals surface area contributed by atoms with Crippen LogP contribution in [0.5, 0.6) is 0 Å². The van der Waals surface area contributed by atoms with Crippen molar-refractivity contribution < 1.29 is 0 Å². The molecule has 5 unspecified atom stereocenters. The Balaban J connectivity index is 0.976. The van der Waals surface area contributed by atoms with E-state index in [1.807, 2.05) is 11.3 Å². The summed E-state index contributed by atoms with van der Waals surface area (Å²) in [6, 6.07) is 60.2. The van der Waals surface area contributed by atoms with Gasteiger partial charge in [0.2, 0.25) is 0 Å². The third-order valence-electron chi connectivity index (χ3n) is 14.4. The second-order valence-electron chi connectivity index (χ2n) is 18.8. The number of hydrogen-bond acceptors (Lipinski definition) is 2. The lowest BCUT2D eigenvalue weighted by atomic mass is 9.49. The number of thiophene rings is 1. The zero-order valence-electron chi connectivity index (χ0n) is 34.9. The SMILES string of the molecule is CC1CC2CC(C)C3(c4ccccc4-c4cc(-c5ccc6c(c5)sc5cc(N(c7ccc(-c8ccccc8)cc7)c7ccc(S(C)(C)C)cc7)ccc56)ccc43)C(C1)C2. The second kappa shape index (κ2) is 14.0. The third-order valence-corrected chi connectivity index (χ3v) is 17.2. The van der Waals surface area contributed by atoms with Crippen LogP contribution < -0.4 is 4.90 Å². The molecule has 0 N–H and O–H groups in total. The number of anilines is 3. The van der Waals surface area contributed by atoms with Crippen molar-refractivity contribution >= 4 is 58.6 Å². The molecular weight excluding hydrogens is 751 g/mol. The van der Waals surface area contributed by atoms with E-state index in [0.717, 1.165) is 23.4 Å². The van der Waals surface area contributed by atoms with Crippen molar-refractivity contribution in [1.29, 1.82) is 0 Å². The Morgan fingerprint density at radius 3 is 1.86 bits per heavy atom. The van der Waals surface area contributed by atoms with Crippen LogP contribution in [-0.2, 0) is 5.41 Å². The Kier molecular flexibility index (Phi) is 8.77. The summed E-state index contributed by atoms with van der Waals surface area (Å²) >= 11 is 1.92. The van der Waals surface area contributed by atoms with Crippen molar-refractivity contribution in [2.24, 2.45) is 23.7 Å². The summed E-state index contributed by atoms with van der Waals surface area (Å²) in [6.45, 7) is 5.08. The van der Waals surface area contributed by atoms with E-state index in [1.165, 1.54) is 95.5 Å². The molecule has 8 aromatic rings. The molecular formula is C56H53NS2. The van der Waals surface area contributed by atoms with Gasteiger partial charge in [0.05, 0.1) is 0 Å². The molecule has 0 saturated heterocycles. The summed E-state index contributed by atoms with van der Waals surface area (Å²) in [5, 5.41) is 2.65. The highest BCUT2D eigenvalue weighted by Crippen LogP contribution is 2.64. The van der Waals surface area contributed by atoms with Gasteiger partial charge in [-0.3, -0.25) is 0 Å². The maximum atomic E-state index is 2.57. The predicted octanol–water partition coefficient (Wildman–Crippen LogP) is 16.3. The molecule has 2 fully saturated rings. The van der Waals surface area contributed by atoms with Crippen LogP contribution in [0.15, 0.2) is 163 Å². The van der Waals surface area contributed by atoms with E-state index in [1.54, 1.807) is 11.1 Å². The lowest BCUT2D eigenvalue weighted by Crippen LogP contribution is -2.49. The average molecular weight is 804 g/mol. The van der Waals surface area contributed by atoms with Crippen LogP contribution in [0.3, 0.4) is 0 Å². The van der Waals surface area contributed by atoms with Crippen molar-refractivity contribution in [3.05, 3.63) is 169 Å². The quantitative estimate of drug-likeness (QED) is 0.162. The summed E-state index contributed by atoms with van der Waals surface area (Å²) in [7, 11) is -0.825. The topological polar surface area (TPSA) is 3.24 Å². The number of benzene rings is 7. The zero-order valence-corrected chi connectivity index (χ0v) is 36.5. The molecule has 0 aliphatic heterocycles. The monoisotopic (exact) mass is 803 g/mol. The second-order valence-corrected chi connectivity index (χ2v) is 24.0. The molecule has 59 heavy (non-hydrogen) atoms. The summed E-state index contributed by atoms with van der Waals surface area (Å²) in [5.41, 5.74) is 14.9. The van der Waals surface area contributed by atoms with E-state index < -0.39 is 10.0 Å². The van der Waals surface area contributed by atoms with Crippen LogP contribution >= 0.6 is 21.4 Å². The molecule has 7 aromatic carbocycles. The Labute approximate surface area is 356 Å². The first-order chi connectivity index (χ1) is 28.6. The van der Waals surface area contributed by atoms with E-state index in [0.29, 0.717) is 5.92 Å². The van der Waals surface area contributed by atoms with Gasteiger partial charge in [-0.25, -0.2) is 10.0 Å². The van der Waals surface area contributed by atoms with Gasteiger partial charge >= 0.3 is 0 Å². The molecule has 11 rings (SSSR count). The van der Waals surface area contributed by atoms with Gasteiger partial charge in [0.1, 0.15) is 0 Å². The van der Waals surface area contributed by atoms with Gasteiger partial charge < -0.3 is 4.90 Å². The first-order valence-corrected chi connectivity index (χ1v) is 25.3. The third kappa shape index (κ3) is 6.02. The molecule has 1 nitrogen and oxygen atoms in total. The summed E-state index contributed by atoms with van der Waals surface area (Å²) in [4.78, 5) is 3.84. The van der Waals surface area contributed by atoms with Gasteiger partial charge in [-0.05, 0) is 178 Å². The number of hydrogen-bond donors (Lipinski definition) is 0. The van der Waals surface area contributed by atoms with Crippen LogP contribution in [-0.4, -0.2) is 18.8 Å². The van der Waals surface area contributed by atoms with Crippen molar-refractivity contribution in [1.82, 2.24) is 0 Å². The van der Waals surface area contributed by atoms with Crippen molar-refractivity contribution in [3.8, 4) is 33.4 Å². The summed E-state index contributed by atoms with van der Waals surface area (Å²) in [6.07, 6.45) is 12.6. The molecule has 294 valence electrons. The smallest absolute Gasteiger partial charge is 0.0476 e. The van der Waals surface area contributed by atoms with E-state index in [2.05, 4.69) is 195 Å². The zero-order chi connectivity index (χ0) is 40.0. The lowest BCUT2D eigenvalue weighted by molar-refractivity contribution is 0.0426. The van der Waals surface area contributed by atoms with E-state index in [4.69, 9.17) is 0 Å². The molecule has 1 aromatic heterocycles. The minimum absolute atomic E-state index is 0.135. The summed E-state index contributed by atoms with van der Waals surface area (Å²) < 4.78 is 2.65. The van der Waals surface area contributed by atoms with Crippen molar-refractivity contribution in [2.75, 3.05) is 23.7 Å². The Bertz CT molecular complexity index is 2860. The van der Waals surface area contributed by atoms with Crippen LogP contribution in [0.2, 0.25) is 0 Å². The molecule has 1 heterocycles. The van der Waals surface area contributed by atoms with Crippen LogP contribution in [0.1, 0.15) is 50.7 Å². The predicted molar refractivity (Wildman–Crippen MR) is 259 cm³/mol. The first kappa shape index (κ1) is 36.9. The molecule has 3 heteroatoms. The Hall–Kier alpha value is -5.09. The molecule has 2 bridgehead atoms. The molecule has 2 saturated carbocycles. The van der Waals surface area contributed by atoms with E-state index in [-0.39, 0.29) is 5.41 Å². The van der Waals surface area contributed by atoms with E-state index >= 15 is 0 Å². The van der Waals surface area contributed by atoms with Gasteiger partial charge in [0.15, 0.2) is 0 Å². The average Bonchev–Trinajstić information content (AvgIpc) is 3.76. The number of nitrogens with zero attached hydrogens (tertiary/aromatic N) is 1. The minimum atomic E-state index is -0.825. The standard InChI is InChI=1S/C56H53NS2/c1-36-29-38-31-37(2)56(43(30-36)32-38)52-14-10-9-13-48(52)51-33-41(18-28-53(51)56)42-17-26-49-50-27-23-46(35-55(50)58-54(49)34-42)57(45-21-24-47(25-22-45)59(3,4)5)44-19-15-40(16-20-44)39-11-7-6-8-12-39/h6-28,33-38,43H,29-32H2,1-5H3. The largest absolute Gasteiger partial charge is 0.310 e. The molecule has 5 atom stereocenters. The van der Waals surface area contributed by atoms with Crippen LogP contribution in [0, 0.1) is 23.7 Å². The molecule has 3 aliphatic rings. The molecule has 1 spiro atoms. The van der Waals surface area contributed by atoms with Gasteiger partial charge in [0.25, 0.3) is 0 Å². The first-order valence-electron chi connectivity index (χ1n) is 21.6. The fourth-order valence-corrected chi connectivity index (χ4v) is 14.0. The Morgan fingerprint density at radius 2 is 1.10 bits per heavy atom. The minimum Gasteiger partial charge on any atom is -0.310 e. The molecule has 0 amide bonds. The number of rotatable bonds is 6. The van der Waals surface area contributed by atoms with Gasteiger partial charge in [-0.15, -0.1) is 11.3 Å². The fraction of sp³-hybridized carbons (Fsp3) is 0.250. The van der Waals surface area contributed by atoms with Gasteiger partial charge in [0, 0.05) is 42.6 Å². The maximum absolute atomic E-state index is 2.57. The van der Waals surface area contributed by atoms with Crippen LogP contribution in [0.4, 0.5) is 17.1 Å². The highest BCUT2D eigenvalue weighted by atomic mass is 32.3. The number of fused-ring (bicyclic) bond motifs is 11. The molecule has 0 radical (unpaired) electrons. The normalized spacial score (nSPS) is 22.4. The fourth-order valence-electron chi connectivity index (χ4n) is 11.9. The van der Waals surface area contributed by atoms with E-state index in [9.17, 15) is 0 Å². The molecule has 3 aliphatic carbocycles. The van der Waals surface area contributed by atoms with Crippen LogP contribution in [0.25, 0.3) is 53.6 Å². The highest BCUT2D eigenvalue weighted by molar-refractivity contribution is 8.32. The van der Waals surface area contributed by atoms with Crippen molar-refractivity contribution in [3.63, 3.8) is 0 Å². The Morgan fingerprint density at radius 1 is 0.508 bits per heavy atom. The highest BCUT2D eigenvalue weighted by Gasteiger charge is 2.56. The van der Waals surface area contributed by atoms with Crippen molar-refractivity contribution in [2.45, 2.75) is 49.8 Å².